The SMILES string of the molecule is [2H]c1cc2c(C(=O)c3ncc(C)cc3NS(=O)(=O)c3ccc(Cl)c(Cl)c3)ncnc2[nH]1. The number of hydrogen-bond acceptors (Lipinski definition) is 6. The molecule has 0 amide bonds. The molecule has 1 aromatic carbocycles. The van der Waals surface area contributed by atoms with Crippen molar-refractivity contribution in [2.24, 2.45) is 0 Å². The molecule has 0 aliphatic rings. The van der Waals surface area contributed by atoms with E-state index in [2.05, 4.69) is 24.7 Å². The Kier molecular flexibility index (Phi) is 4.86. The first-order valence-corrected chi connectivity index (χ1v) is 10.7. The van der Waals surface area contributed by atoms with Crippen LogP contribution in [0.15, 0.2) is 53.9 Å². The summed E-state index contributed by atoms with van der Waals surface area (Å²) in [5, 5.41) is 0.616. The number of pyridine rings is 1. The van der Waals surface area contributed by atoms with Crippen molar-refractivity contribution in [3.63, 3.8) is 0 Å². The fourth-order valence-corrected chi connectivity index (χ4v) is 4.22. The number of benzene rings is 1. The van der Waals surface area contributed by atoms with E-state index in [1.165, 1.54) is 42.9 Å². The Hall–Kier alpha value is -3.01. The van der Waals surface area contributed by atoms with Gasteiger partial charge in [0.05, 0.1) is 22.0 Å². The molecule has 0 aliphatic carbocycles. The number of rotatable bonds is 5. The quantitative estimate of drug-likeness (QED) is 0.432. The predicted octanol–water partition coefficient (Wildman–Crippen LogP) is 4.00. The number of halogens is 2. The number of sulfonamides is 1. The van der Waals surface area contributed by atoms with Crippen LogP contribution in [0.4, 0.5) is 5.69 Å². The number of carbonyl (C=O) groups excluding carboxylic acids is 1. The summed E-state index contributed by atoms with van der Waals surface area (Å²) in [4.78, 5) is 28.0. The van der Waals surface area contributed by atoms with Gasteiger partial charge in [-0.3, -0.25) is 14.5 Å². The third-order valence-electron chi connectivity index (χ3n) is 4.19. The summed E-state index contributed by atoms with van der Waals surface area (Å²) < 4.78 is 35.9. The van der Waals surface area contributed by atoms with Crippen molar-refractivity contribution in [3.8, 4) is 0 Å². The van der Waals surface area contributed by atoms with Gasteiger partial charge < -0.3 is 4.98 Å². The van der Waals surface area contributed by atoms with Crippen LogP contribution in [0, 0.1) is 6.92 Å². The molecule has 0 fully saturated rings. The smallest absolute Gasteiger partial charge is 0.262 e. The largest absolute Gasteiger partial charge is 0.346 e. The minimum Gasteiger partial charge on any atom is -0.346 e. The van der Waals surface area contributed by atoms with E-state index >= 15 is 0 Å². The molecular weight excluding hydrogens is 449 g/mol. The van der Waals surface area contributed by atoms with Crippen LogP contribution in [-0.2, 0) is 10.0 Å². The van der Waals surface area contributed by atoms with E-state index in [-0.39, 0.29) is 38.2 Å². The first-order chi connectivity index (χ1) is 14.7. The maximum atomic E-state index is 13.2. The number of ketones is 1. The Labute approximate surface area is 182 Å². The zero-order valence-corrected chi connectivity index (χ0v) is 17.6. The van der Waals surface area contributed by atoms with Crippen LogP contribution in [0.2, 0.25) is 10.0 Å². The van der Waals surface area contributed by atoms with Gasteiger partial charge in [0.25, 0.3) is 10.0 Å². The molecule has 8 nitrogen and oxygen atoms in total. The molecule has 0 saturated carbocycles. The van der Waals surface area contributed by atoms with Gasteiger partial charge in [0.15, 0.2) is 0 Å². The van der Waals surface area contributed by atoms with E-state index in [1.54, 1.807) is 6.92 Å². The molecule has 11 heteroatoms. The second-order valence-electron chi connectivity index (χ2n) is 6.32. The highest BCUT2D eigenvalue weighted by molar-refractivity contribution is 7.92. The summed E-state index contributed by atoms with van der Waals surface area (Å²) in [6.45, 7) is 1.71. The van der Waals surface area contributed by atoms with Gasteiger partial charge in [-0.25, -0.2) is 18.4 Å². The summed E-state index contributed by atoms with van der Waals surface area (Å²) in [7, 11) is -4.10. The van der Waals surface area contributed by atoms with E-state index in [9.17, 15) is 13.2 Å². The summed E-state index contributed by atoms with van der Waals surface area (Å²) >= 11 is 11.8. The number of fused-ring (bicyclic) bond motifs is 1. The van der Waals surface area contributed by atoms with Crippen LogP contribution in [0.3, 0.4) is 0 Å². The summed E-state index contributed by atoms with van der Waals surface area (Å²) in [5.74, 6) is -0.627. The number of hydrogen-bond donors (Lipinski definition) is 2. The Morgan fingerprint density at radius 1 is 1.10 bits per heavy atom. The second kappa shape index (κ2) is 7.67. The lowest BCUT2D eigenvalue weighted by molar-refractivity contribution is 0.103. The highest BCUT2D eigenvalue weighted by Gasteiger charge is 2.24. The summed E-state index contributed by atoms with van der Waals surface area (Å²) in [6.07, 6.45) is 2.68. The van der Waals surface area contributed by atoms with Gasteiger partial charge in [0.2, 0.25) is 5.78 Å². The highest BCUT2D eigenvalue weighted by Crippen LogP contribution is 2.28. The van der Waals surface area contributed by atoms with E-state index in [1.807, 2.05) is 0 Å². The molecule has 4 rings (SSSR count). The highest BCUT2D eigenvalue weighted by atomic mass is 35.5. The fraction of sp³-hybridized carbons (Fsp3) is 0.0526. The van der Waals surface area contributed by atoms with E-state index in [0.717, 1.165) is 0 Å². The second-order valence-corrected chi connectivity index (χ2v) is 8.81. The standard InChI is InChI=1S/C19H13Cl2N5O3S/c1-10-6-15(26-30(28,29)11-2-3-13(20)14(21)7-11)17(23-8-10)18(27)16-12-4-5-22-19(12)25-9-24-16/h2-9,26H,1H3,(H,22,24,25)/i5D. The molecule has 4 aromatic rings. The number of anilines is 1. The van der Waals surface area contributed by atoms with Crippen molar-refractivity contribution < 1.29 is 14.6 Å². The van der Waals surface area contributed by atoms with Crippen molar-refractivity contribution in [2.75, 3.05) is 4.72 Å². The van der Waals surface area contributed by atoms with Gasteiger partial charge in [0, 0.05) is 17.8 Å². The average molecular weight is 463 g/mol. The molecule has 3 heterocycles. The van der Waals surface area contributed by atoms with Crippen LogP contribution in [0.1, 0.15) is 23.1 Å². The maximum absolute atomic E-state index is 13.2. The Bertz CT molecular complexity index is 1460. The van der Waals surface area contributed by atoms with Crippen LogP contribution in [-0.4, -0.2) is 34.1 Å². The topological polar surface area (TPSA) is 118 Å². The minimum absolute atomic E-state index is 0.00825. The molecule has 2 N–H and O–H groups in total. The molecule has 0 spiro atoms. The van der Waals surface area contributed by atoms with Gasteiger partial charge in [-0.2, -0.15) is 0 Å². The van der Waals surface area contributed by atoms with E-state index in [4.69, 9.17) is 24.6 Å². The van der Waals surface area contributed by atoms with Crippen molar-refractivity contribution in [1.29, 1.82) is 0 Å². The molecule has 0 atom stereocenters. The maximum Gasteiger partial charge on any atom is 0.262 e. The molecule has 30 heavy (non-hydrogen) atoms. The molecular formula is C19H13Cl2N5O3S. The summed E-state index contributed by atoms with van der Waals surface area (Å²) in [6, 6.07) is 6.77. The van der Waals surface area contributed by atoms with Gasteiger partial charge in [-0.15, -0.1) is 0 Å². The molecule has 0 aliphatic heterocycles. The molecule has 152 valence electrons. The summed E-state index contributed by atoms with van der Waals surface area (Å²) in [5.41, 5.74) is 0.761. The number of aromatic amines is 1. The van der Waals surface area contributed by atoms with Crippen molar-refractivity contribution in [2.45, 2.75) is 11.8 Å². The predicted molar refractivity (Wildman–Crippen MR) is 114 cm³/mol. The zero-order valence-electron chi connectivity index (χ0n) is 16.3. The van der Waals surface area contributed by atoms with Crippen LogP contribution in [0.5, 0.6) is 0 Å². The van der Waals surface area contributed by atoms with Gasteiger partial charge in [0.1, 0.15) is 23.4 Å². The Morgan fingerprint density at radius 3 is 2.67 bits per heavy atom. The first-order valence-electron chi connectivity index (χ1n) is 8.95. The number of nitrogens with zero attached hydrogens (tertiary/aromatic N) is 3. The number of aryl methyl sites for hydroxylation is 1. The lowest BCUT2D eigenvalue weighted by Gasteiger charge is -2.13. The Morgan fingerprint density at radius 2 is 1.90 bits per heavy atom. The molecule has 0 saturated heterocycles. The molecule has 3 aromatic heterocycles. The van der Waals surface area contributed by atoms with Crippen molar-refractivity contribution in [3.05, 3.63) is 76.0 Å². The lowest BCUT2D eigenvalue weighted by atomic mass is 10.1. The third-order valence-corrected chi connectivity index (χ3v) is 6.29. The average Bonchev–Trinajstić information content (AvgIpc) is 3.09. The minimum atomic E-state index is -4.10. The monoisotopic (exact) mass is 462 g/mol. The lowest BCUT2D eigenvalue weighted by Crippen LogP contribution is -2.18. The first kappa shape index (κ1) is 19.0. The van der Waals surface area contributed by atoms with Crippen LogP contribution < -0.4 is 4.72 Å². The Balaban J connectivity index is 1.79. The van der Waals surface area contributed by atoms with Crippen LogP contribution >= 0.6 is 23.2 Å². The van der Waals surface area contributed by atoms with E-state index < -0.39 is 15.8 Å². The van der Waals surface area contributed by atoms with Crippen molar-refractivity contribution in [1.82, 2.24) is 19.9 Å². The van der Waals surface area contributed by atoms with Crippen LogP contribution in [0.25, 0.3) is 11.0 Å². The fourth-order valence-electron chi connectivity index (χ4n) is 2.78. The molecule has 0 radical (unpaired) electrons. The van der Waals surface area contributed by atoms with E-state index in [0.29, 0.717) is 16.6 Å². The van der Waals surface area contributed by atoms with Crippen molar-refractivity contribution >= 4 is 55.7 Å². The number of carbonyl (C=O) groups is 1. The van der Waals surface area contributed by atoms with Gasteiger partial charge >= 0.3 is 0 Å². The normalized spacial score (nSPS) is 12.0. The zero-order chi connectivity index (χ0) is 22.3. The number of H-pyrrole nitrogens is 1. The molecule has 0 unspecified atom stereocenters. The number of nitrogens with one attached hydrogen (secondary N) is 2. The number of aromatic nitrogens is 4. The van der Waals surface area contributed by atoms with Gasteiger partial charge in [-0.05, 0) is 42.8 Å². The third kappa shape index (κ3) is 3.74. The molecule has 0 bridgehead atoms. The van der Waals surface area contributed by atoms with Gasteiger partial charge in [-0.1, -0.05) is 23.2 Å².